The summed E-state index contributed by atoms with van der Waals surface area (Å²) in [5, 5.41) is 14.8. The van der Waals surface area contributed by atoms with E-state index in [2.05, 4.69) is 31.2 Å². The van der Waals surface area contributed by atoms with Crippen LogP contribution in [0.1, 0.15) is 56.9 Å². The van der Waals surface area contributed by atoms with E-state index in [1.165, 1.54) is 12.1 Å². The SMILES string of the molecule is Oc1cc(Cl)c2c(c1)-c1ncc3c(nc(OC[C@@]45CCCN4C[C@H](F)C5)nc3c1F)N1CCCC(C1)N/C=C/CCCC2. The Balaban J connectivity index is 1.35. The Morgan fingerprint density at radius 3 is 2.95 bits per heavy atom. The third-order valence-electron chi connectivity index (χ3n) is 9.53. The van der Waals surface area contributed by atoms with Crippen LogP contribution in [0.2, 0.25) is 5.02 Å². The number of benzene rings is 1. The normalized spacial score (nSPS) is 26.7. The standard InChI is InChI=1S/C32H37ClF2N6O2/c33-26-14-22(42)13-24-23(26)8-3-1-2-4-10-36-21-7-5-11-40(18-21)30-25-16-37-28(24)27(35)29(25)38-31(39-30)43-19-32-9-6-12-41(32)17-20(34)15-32/h4,10,13-14,16,20-21,36,42H,1-3,5-9,11-12,15,17-19H2/b10-4+/t20-,21?,32+/m1/s1. The maximum Gasteiger partial charge on any atom is 0.319 e. The smallest absolute Gasteiger partial charge is 0.319 e. The molecule has 3 saturated heterocycles. The predicted molar refractivity (Wildman–Crippen MR) is 163 cm³/mol. The molecule has 0 saturated carbocycles. The third kappa shape index (κ3) is 5.48. The number of aromatic nitrogens is 3. The zero-order valence-electron chi connectivity index (χ0n) is 24.2. The monoisotopic (exact) mass is 610 g/mol. The van der Waals surface area contributed by atoms with Crippen LogP contribution in [0.15, 0.2) is 30.6 Å². The van der Waals surface area contributed by atoms with Gasteiger partial charge in [0.2, 0.25) is 0 Å². The summed E-state index contributed by atoms with van der Waals surface area (Å²) in [6.07, 6.45) is 12.5. The van der Waals surface area contributed by atoms with Gasteiger partial charge in [0.1, 0.15) is 35.6 Å². The Hall–Kier alpha value is -3.24. The lowest BCUT2D eigenvalue weighted by atomic mass is 9.95. The fraction of sp³-hybridized carbons (Fsp3) is 0.531. The lowest BCUT2D eigenvalue weighted by Gasteiger charge is -2.34. The first-order valence-electron chi connectivity index (χ1n) is 15.5. The number of aromatic hydroxyl groups is 1. The number of phenolic OH excluding ortho intramolecular Hbond substituents is 1. The van der Waals surface area contributed by atoms with E-state index in [1.807, 2.05) is 6.20 Å². The number of nitrogens with zero attached hydrogens (tertiary/aromatic N) is 5. The maximum absolute atomic E-state index is 16.6. The number of ether oxygens (including phenoxy) is 1. The molecule has 5 aliphatic rings. The molecule has 1 aromatic carbocycles. The summed E-state index contributed by atoms with van der Waals surface area (Å²) >= 11 is 6.60. The fourth-order valence-electron chi connectivity index (χ4n) is 7.41. The highest BCUT2D eigenvalue weighted by molar-refractivity contribution is 6.32. The van der Waals surface area contributed by atoms with Gasteiger partial charge in [-0.05, 0) is 81.8 Å². The summed E-state index contributed by atoms with van der Waals surface area (Å²) in [7, 11) is 0. The molecule has 0 spiro atoms. The Labute approximate surface area is 255 Å². The van der Waals surface area contributed by atoms with Crippen molar-refractivity contribution in [2.75, 3.05) is 37.7 Å². The van der Waals surface area contributed by atoms with Crippen LogP contribution in [0.5, 0.6) is 11.8 Å². The van der Waals surface area contributed by atoms with Crippen LogP contribution < -0.4 is 15.0 Å². The summed E-state index contributed by atoms with van der Waals surface area (Å²) < 4.78 is 37.3. The molecule has 1 unspecified atom stereocenters. The van der Waals surface area contributed by atoms with Crippen LogP contribution >= 0.6 is 11.6 Å². The van der Waals surface area contributed by atoms with Crippen molar-refractivity contribution >= 4 is 28.3 Å². The summed E-state index contributed by atoms with van der Waals surface area (Å²) in [5.74, 6) is -0.0979. The van der Waals surface area contributed by atoms with E-state index in [1.54, 1.807) is 6.20 Å². The first kappa shape index (κ1) is 28.5. The van der Waals surface area contributed by atoms with Gasteiger partial charge in [0.05, 0.1) is 10.9 Å². The van der Waals surface area contributed by atoms with E-state index in [0.717, 1.165) is 63.6 Å². The maximum atomic E-state index is 16.6. The van der Waals surface area contributed by atoms with Crippen molar-refractivity contribution in [2.24, 2.45) is 0 Å². The highest BCUT2D eigenvalue weighted by Crippen LogP contribution is 2.41. The molecule has 2 aromatic heterocycles. The molecule has 6 bridgehead atoms. The molecule has 3 fully saturated rings. The van der Waals surface area contributed by atoms with Crippen molar-refractivity contribution in [3.63, 3.8) is 0 Å². The van der Waals surface area contributed by atoms with Gasteiger partial charge in [0.25, 0.3) is 0 Å². The largest absolute Gasteiger partial charge is 0.508 e. The number of nitrogens with one attached hydrogen (secondary N) is 1. The fourth-order valence-corrected chi connectivity index (χ4v) is 7.72. The Bertz CT molecular complexity index is 1560. The first-order valence-corrected chi connectivity index (χ1v) is 15.8. The highest BCUT2D eigenvalue weighted by Gasteiger charge is 2.49. The second-order valence-corrected chi connectivity index (χ2v) is 12.8. The molecule has 2 N–H and O–H groups in total. The van der Waals surface area contributed by atoms with Gasteiger partial charge < -0.3 is 20.1 Å². The lowest BCUT2D eigenvalue weighted by molar-refractivity contribution is 0.107. The lowest BCUT2D eigenvalue weighted by Crippen LogP contribution is -2.45. The molecule has 7 heterocycles. The zero-order valence-corrected chi connectivity index (χ0v) is 24.9. The van der Waals surface area contributed by atoms with Crippen molar-refractivity contribution in [2.45, 2.75) is 75.5 Å². The Morgan fingerprint density at radius 2 is 2.05 bits per heavy atom. The topological polar surface area (TPSA) is 86.6 Å². The number of alkyl halides is 1. The average Bonchev–Trinajstić information content (AvgIpc) is 3.52. The van der Waals surface area contributed by atoms with Gasteiger partial charge in [0.15, 0.2) is 5.82 Å². The highest BCUT2D eigenvalue weighted by atomic mass is 35.5. The van der Waals surface area contributed by atoms with E-state index in [-0.39, 0.29) is 41.2 Å². The van der Waals surface area contributed by atoms with Crippen LogP contribution in [0.4, 0.5) is 14.6 Å². The van der Waals surface area contributed by atoms with Gasteiger partial charge in [-0.15, -0.1) is 0 Å². The first-order chi connectivity index (χ1) is 20.9. The van der Waals surface area contributed by atoms with Gasteiger partial charge in [-0.2, -0.15) is 9.97 Å². The molecule has 3 aromatic rings. The molecule has 11 heteroatoms. The quantitative estimate of drug-likeness (QED) is 0.377. The molecular formula is C32H37ClF2N6O2. The van der Waals surface area contributed by atoms with Crippen LogP contribution in [-0.2, 0) is 6.42 Å². The minimum absolute atomic E-state index is 0.0557. The van der Waals surface area contributed by atoms with Crippen molar-refractivity contribution in [3.05, 3.63) is 47.0 Å². The molecule has 8 nitrogen and oxygen atoms in total. The number of hydrogen-bond acceptors (Lipinski definition) is 8. The molecule has 43 heavy (non-hydrogen) atoms. The van der Waals surface area contributed by atoms with E-state index in [0.29, 0.717) is 47.7 Å². The van der Waals surface area contributed by atoms with Gasteiger partial charge in [-0.25, -0.2) is 8.78 Å². The molecule has 3 atom stereocenters. The van der Waals surface area contributed by atoms with Crippen LogP contribution in [0.3, 0.4) is 0 Å². The molecule has 0 radical (unpaired) electrons. The van der Waals surface area contributed by atoms with Gasteiger partial charge >= 0.3 is 6.01 Å². The Kier molecular flexibility index (Phi) is 7.75. The van der Waals surface area contributed by atoms with Crippen LogP contribution in [-0.4, -0.2) is 75.5 Å². The summed E-state index contributed by atoms with van der Waals surface area (Å²) in [6.45, 7) is 2.96. The van der Waals surface area contributed by atoms with E-state index < -0.39 is 12.0 Å². The number of piperidine rings is 1. The van der Waals surface area contributed by atoms with Crippen molar-refractivity contribution < 1.29 is 18.6 Å². The number of hydrogen-bond donors (Lipinski definition) is 2. The minimum Gasteiger partial charge on any atom is -0.508 e. The van der Waals surface area contributed by atoms with Gasteiger partial charge in [-0.1, -0.05) is 17.7 Å². The summed E-state index contributed by atoms with van der Waals surface area (Å²) in [6, 6.07) is 3.29. The summed E-state index contributed by atoms with van der Waals surface area (Å²) in [5.41, 5.74) is 0.989. The number of phenols is 1. The second kappa shape index (κ2) is 11.7. The average molecular weight is 611 g/mol. The van der Waals surface area contributed by atoms with Gasteiger partial charge in [0, 0.05) is 48.9 Å². The van der Waals surface area contributed by atoms with Crippen molar-refractivity contribution in [1.29, 1.82) is 0 Å². The van der Waals surface area contributed by atoms with E-state index in [9.17, 15) is 9.50 Å². The summed E-state index contributed by atoms with van der Waals surface area (Å²) in [4.78, 5) is 18.3. The van der Waals surface area contributed by atoms with Crippen LogP contribution in [0, 0.1) is 5.82 Å². The van der Waals surface area contributed by atoms with E-state index >= 15 is 4.39 Å². The van der Waals surface area contributed by atoms with Gasteiger partial charge in [-0.3, -0.25) is 9.88 Å². The molecule has 0 amide bonds. The molecule has 8 rings (SSSR count). The minimum atomic E-state index is -0.880. The molecule has 0 aliphatic carbocycles. The molecular weight excluding hydrogens is 574 g/mol. The Morgan fingerprint density at radius 1 is 1.14 bits per heavy atom. The zero-order chi connectivity index (χ0) is 29.6. The number of allylic oxidation sites excluding steroid dienone is 1. The van der Waals surface area contributed by atoms with Crippen molar-refractivity contribution in [3.8, 4) is 23.0 Å². The number of rotatable bonds is 3. The second-order valence-electron chi connectivity index (χ2n) is 12.4. The van der Waals surface area contributed by atoms with E-state index in [4.69, 9.17) is 21.3 Å². The number of pyridine rings is 1. The number of fused-ring (bicyclic) bond motifs is 7. The number of halogens is 3. The van der Waals surface area contributed by atoms with Crippen LogP contribution in [0.25, 0.3) is 22.2 Å². The third-order valence-corrected chi connectivity index (χ3v) is 9.87. The number of anilines is 1. The van der Waals surface area contributed by atoms with Crippen molar-refractivity contribution in [1.82, 2.24) is 25.2 Å². The predicted octanol–water partition coefficient (Wildman–Crippen LogP) is 5.94. The molecule has 5 aliphatic heterocycles. The molecule has 228 valence electrons.